The van der Waals surface area contributed by atoms with Crippen LogP contribution in [0.15, 0.2) is 105 Å². The van der Waals surface area contributed by atoms with Gasteiger partial charge >= 0.3 is 87.9 Å². The second-order valence-corrected chi connectivity index (χ2v) is 16.9. The first kappa shape index (κ1) is 72.5. The Labute approximate surface area is 480 Å². The molecule has 0 aliphatic carbocycles. The monoisotopic (exact) mass is 1190 g/mol. The van der Waals surface area contributed by atoms with Crippen molar-refractivity contribution in [3.05, 3.63) is 139 Å². The number of hydrogen-bond acceptors (Lipinski definition) is 24. The van der Waals surface area contributed by atoms with Crippen molar-refractivity contribution < 1.29 is 85.8 Å². The second kappa shape index (κ2) is 42.4. The number of hydrogen-bond donors (Lipinski definition) is 0. The number of carbonyl (C=O) groups excluding carboxylic acids is 9. The molecule has 0 radical (unpaired) electrons. The lowest BCUT2D eigenvalue weighted by Crippen LogP contribution is -2.55. The van der Waals surface area contributed by atoms with Gasteiger partial charge in [0.1, 0.15) is 39.6 Å². The lowest BCUT2D eigenvalue weighted by Gasteiger charge is -2.14. The molecule has 0 fully saturated rings. The highest BCUT2D eigenvalue weighted by molar-refractivity contribution is 5.83. The molecule has 0 aliphatic heterocycles. The number of carbonyl (C=O) groups is 9. The fourth-order valence-electron chi connectivity index (χ4n) is 6.71. The van der Waals surface area contributed by atoms with Gasteiger partial charge in [0.05, 0.1) is 59.1 Å². The van der Waals surface area contributed by atoms with Crippen molar-refractivity contribution in [3.63, 3.8) is 0 Å². The summed E-state index contributed by atoms with van der Waals surface area (Å²) in [5, 5.41) is 0. The summed E-state index contributed by atoms with van der Waals surface area (Å²) in [6, 6.07) is 0. The fraction of sp³-hybridized carbons (Fsp3) is 0.500. The molecular formula is C54H72N6O24. The van der Waals surface area contributed by atoms with E-state index in [0.29, 0.717) is 85.2 Å². The molecule has 0 aromatic carbocycles. The molecule has 2 aromatic heterocycles. The normalized spacial score (nSPS) is 10.3. The Morgan fingerprint density at radius 2 is 0.417 bits per heavy atom. The lowest BCUT2D eigenvalue weighted by atomic mass is 10.2. The SMILES string of the molecule is C=CC(=O)OCCCCCC(=O)OCCn1c(=O)n(CCOC(=O)CCCCCOC(=O)C=C)c(=O)n(CCOC(=O)CCCCCOC(=O)C=C)c1=O.C=CC(=O)OCCn1c(=O)n(CCOC(=O)C=C)c(=O)n(CCOC(=O)C=C)c1=O. The zero-order valence-corrected chi connectivity index (χ0v) is 46.8. The average molecular weight is 1190 g/mol. The minimum absolute atomic E-state index is 0.0380. The zero-order valence-electron chi connectivity index (χ0n) is 46.8. The van der Waals surface area contributed by atoms with E-state index in [1.54, 1.807) is 0 Å². The molecular weight excluding hydrogens is 1120 g/mol. The number of unbranched alkanes of at least 4 members (excludes halogenated alkanes) is 6. The summed E-state index contributed by atoms with van der Waals surface area (Å²) in [7, 11) is 0. The average Bonchev–Trinajstić information content (AvgIpc) is 3.25. The molecule has 2 rings (SSSR count). The van der Waals surface area contributed by atoms with Gasteiger partial charge in [-0.3, -0.25) is 14.4 Å². The molecule has 0 bridgehead atoms. The molecule has 0 aliphatic rings. The van der Waals surface area contributed by atoms with Gasteiger partial charge < -0.3 is 42.6 Å². The molecule has 2 heterocycles. The van der Waals surface area contributed by atoms with E-state index in [1.165, 1.54) is 0 Å². The van der Waals surface area contributed by atoms with E-state index in [2.05, 4.69) is 39.5 Å². The Morgan fingerprint density at radius 1 is 0.250 bits per heavy atom. The van der Waals surface area contributed by atoms with Gasteiger partial charge in [0.2, 0.25) is 0 Å². The van der Waals surface area contributed by atoms with E-state index >= 15 is 0 Å². The first-order valence-electron chi connectivity index (χ1n) is 26.3. The zero-order chi connectivity index (χ0) is 62.8. The van der Waals surface area contributed by atoms with Gasteiger partial charge in [-0.2, -0.15) is 0 Å². The summed E-state index contributed by atoms with van der Waals surface area (Å²) in [6.07, 6.45) is 10.6. The maximum Gasteiger partial charge on any atom is 0.336 e. The predicted octanol–water partition coefficient (Wildman–Crippen LogP) is 0.0294. The third-order valence-corrected chi connectivity index (χ3v) is 11.0. The van der Waals surface area contributed by atoms with Gasteiger partial charge in [-0.1, -0.05) is 39.5 Å². The van der Waals surface area contributed by atoms with Crippen molar-refractivity contribution in [1.29, 1.82) is 0 Å². The Balaban J connectivity index is 0.000000989. The van der Waals surface area contributed by atoms with Gasteiger partial charge in [0.15, 0.2) is 0 Å². The van der Waals surface area contributed by atoms with Crippen LogP contribution in [-0.2, 0) is 125 Å². The minimum atomic E-state index is -1.02. The first-order chi connectivity index (χ1) is 40.2. The highest BCUT2D eigenvalue weighted by Crippen LogP contribution is 2.05. The Bertz CT molecular complexity index is 2630. The molecule has 0 saturated heterocycles. The molecule has 0 unspecified atom stereocenters. The molecule has 84 heavy (non-hydrogen) atoms. The Morgan fingerprint density at radius 3 is 0.595 bits per heavy atom. The number of ether oxygens (including phenoxy) is 9. The maximum absolute atomic E-state index is 13.3. The van der Waals surface area contributed by atoms with E-state index in [1.807, 2.05) is 0 Å². The number of esters is 9. The van der Waals surface area contributed by atoms with Gasteiger partial charge in [-0.25, -0.2) is 84.9 Å². The molecule has 30 heteroatoms. The van der Waals surface area contributed by atoms with E-state index in [-0.39, 0.29) is 98.4 Å². The van der Waals surface area contributed by atoms with Crippen molar-refractivity contribution in [2.75, 3.05) is 59.5 Å². The summed E-state index contributed by atoms with van der Waals surface area (Å²) >= 11 is 0. The second-order valence-electron chi connectivity index (χ2n) is 16.9. The van der Waals surface area contributed by atoms with Crippen molar-refractivity contribution >= 4 is 53.7 Å². The van der Waals surface area contributed by atoms with Crippen LogP contribution in [-0.4, -0.2) is 141 Å². The van der Waals surface area contributed by atoms with Crippen LogP contribution in [0.3, 0.4) is 0 Å². The minimum Gasteiger partial charge on any atom is -0.464 e. The van der Waals surface area contributed by atoms with Crippen LogP contribution in [0.2, 0.25) is 0 Å². The summed E-state index contributed by atoms with van der Waals surface area (Å²) in [6.45, 7) is 15.7. The molecule has 0 amide bonds. The topological polar surface area (TPSA) is 369 Å². The third kappa shape index (κ3) is 28.8. The molecule has 0 spiro atoms. The quantitative estimate of drug-likeness (QED) is 0.0366. The Hall–Kier alpha value is -9.51. The van der Waals surface area contributed by atoms with E-state index in [0.717, 1.165) is 36.5 Å². The maximum atomic E-state index is 13.3. The van der Waals surface area contributed by atoms with Gasteiger partial charge in [-0.05, 0) is 57.8 Å². The van der Waals surface area contributed by atoms with Crippen LogP contribution in [0, 0.1) is 0 Å². The number of rotatable bonds is 42. The van der Waals surface area contributed by atoms with Crippen LogP contribution in [0.1, 0.15) is 77.0 Å². The molecule has 462 valence electrons. The lowest BCUT2D eigenvalue weighted by molar-refractivity contribution is -0.145. The van der Waals surface area contributed by atoms with Crippen LogP contribution in [0.5, 0.6) is 0 Å². The summed E-state index contributed by atoms with van der Waals surface area (Å²) in [4.78, 5) is 181. The molecule has 2 aromatic rings. The standard InChI is InChI=1S/C36H51N3O15.C18H21N3O9/c1-4-28(40)49-22-13-7-10-16-31(43)52-25-19-37-34(46)38(20-26-53-32(44)17-11-8-14-23-50-29(41)5-2)36(48)39(35(37)47)21-27-54-33(45)18-12-9-15-24-51-30(42)6-3;1-4-13(22)28-10-7-19-16(25)20(8-11-29-14(23)5-2)18(27)21(17(19)26)9-12-30-15(24)6-3/h4-6H,1-3,7-27H2;4-6H,1-3,7-12H2. The van der Waals surface area contributed by atoms with Crippen LogP contribution < -0.4 is 34.1 Å². The molecule has 0 atom stereocenters. The van der Waals surface area contributed by atoms with Gasteiger partial charge in [0.25, 0.3) is 0 Å². The molecule has 30 nitrogen and oxygen atoms in total. The highest BCUT2D eigenvalue weighted by atomic mass is 16.6. The van der Waals surface area contributed by atoms with Gasteiger partial charge in [-0.15, -0.1) is 0 Å². The first-order valence-corrected chi connectivity index (χ1v) is 26.3. The Kier molecular flexibility index (Phi) is 36.6. The fourth-order valence-corrected chi connectivity index (χ4v) is 6.71. The van der Waals surface area contributed by atoms with E-state index in [4.69, 9.17) is 42.6 Å². The largest absolute Gasteiger partial charge is 0.464 e. The van der Waals surface area contributed by atoms with Crippen LogP contribution in [0.25, 0.3) is 0 Å². The number of aromatic nitrogens is 6. The van der Waals surface area contributed by atoms with Crippen LogP contribution >= 0.6 is 0 Å². The highest BCUT2D eigenvalue weighted by Gasteiger charge is 2.19. The molecule has 0 N–H and O–H groups in total. The summed E-state index contributed by atoms with van der Waals surface area (Å²) in [5.41, 5.74) is -6.04. The van der Waals surface area contributed by atoms with Crippen LogP contribution in [0.4, 0.5) is 0 Å². The predicted molar refractivity (Wildman–Crippen MR) is 294 cm³/mol. The van der Waals surface area contributed by atoms with Crippen molar-refractivity contribution in [1.82, 2.24) is 27.4 Å². The van der Waals surface area contributed by atoms with Crippen molar-refractivity contribution in [2.24, 2.45) is 0 Å². The van der Waals surface area contributed by atoms with E-state index < -0.39 is 107 Å². The smallest absolute Gasteiger partial charge is 0.336 e. The molecule has 0 saturated carbocycles. The number of nitrogens with zero attached hydrogens (tertiary/aromatic N) is 6. The van der Waals surface area contributed by atoms with Crippen molar-refractivity contribution in [2.45, 2.75) is 116 Å². The van der Waals surface area contributed by atoms with Gasteiger partial charge in [0, 0.05) is 55.7 Å². The van der Waals surface area contributed by atoms with E-state index in [9.17, 15) is 71.9 Å². The summed E-state index contributed by atoms with van der Waals surface area (Å²) in [5.74, 6) is -5.67. The summed E-state index contributed by atoms with van der Waals surface area (Å²) < 4.78 is 48.5. The third-order valence-electron chi connectivity index (χ3n) is 11.0. The van der Waals surface area contributed by atoms with Crippen molar-refractivity contribution in [3.8, 4) is 0 Å².